The van der Waals surface area contributed by atoms with E-state index in [1.165, 1.54) is 10.3 Å². The highest BCUT2D eigenvalue weighted by Gasteiger charge is 2.34. The van der Waals surface area contributed by atoms with Crippen molar-refractivity contribution in [1.29, 1.82) is 0 Å². The van der Waals surface area contributed by atoms with Crippen molar-refractivity contribution < 1.29 is 5.11 Å². The van der Waals surface area contributed by atoms with Crippen LogP contribution in [0.5, 0.6) is 0 Å². The van der Waals surface area contributed by atoms with Gasteiger partial charge in [-0.3, -0.25) is 0 Å². The van der Waals surface area contributed by atoms with E-state index in [2.05, 4.69) is 46.0 Å². The zero-order chi connectivity index (χ0) is 15.7. The molecule has 1 aliphatic heterocycles. The minimum Gasteiger partial charge on any atom is -0.396 e. The number of anilines is 1. The fourth-order valence-corrected chi connectivity index (χ4v) is 4.26. The van der Waals surface area contributed by atoms with Crippen LogP contribution in [-0.2, 0) is 0 Å². The molecule has 1 N–H and O–H groups in total. The number of thiophene rings is 1. The molecule has 0 unspecified atom stereocenters. The third kappa shape index (κ3) is 2.83. The highest BCUT2D eigenvalue weighted by atomic mass is 32.1. The molecule has 120 valence electrons. The third-order valence-electron chi connectivity index (χ3n) is 4.71. The lowest BCUT2D eigenvalue weighted by molar-refractivity contribution is 0.178. The normalized spacial score (nSPS) is 22.1. The van der Waals surface area contributed by atoms with Gasteiger partial charge in [0.15, 0.2) is 0 Å². The predicted molar refractivity (Wildman–Crippen MR) is 91.6 cm³/mol. The zero-order valence-electron chi connectivity index (χ0n) is 13.5. The number of nitrogens with zero attached hydrogens (tertiary/aromatic N) is 4. The third-order valence-corrected chi connectivity index (χ3v) is 5.79. The zero-order valence-corrected chi connectivity index (χ0v) is 14.3. The van der Waals surface area contributed by atoms with Gasteiger partial charge in [-0.15, -0.1) is 11.3 Å². The van der Waals surface area contributed by atoms with Gasteiger partial charge in [-0.2, -0.15) is 0 Å². The largest absolute Gasteiger partial charge is 0.396 e. The Balaban J connectivity index is 1.85. The van der Waals surface area contributed by atoms with E-state index < -0.39 is 0 Å². The van der Waals surface area contributed by atoms with E-state index in [0.29, 0.717) is 11.8 Å². The average molecular weight is 320 g/mol. The lowest BCUT2D eigenvalue weighted by Crippen LogP contribution is -2.31. The molecule has 22 heavy (non-hydrogen) atoms. The van der Waals surface area contributed by atoms with Gasteiger partial charge in [-0.1, -0.05) is 6.92 Å². The summed E-state index contributed by atoms with van der Waals surface area (Å²) < 4.78 is 1.17. The maximum atomic E-state index is 9.73. The molecule has 1 saturated heterocycles. The summed E-state index contributed by atoms with van der Waals surface area (Å²) in [5.74, 6) is 1.84. The summed E-state index contributed by atoms with van der Waals surface area (Å²) >= 11 is 1.72. The smallest absolute Gasteiger partial charge is 0.150 e. The van der Waals surface area contributed by atoms with E-state index in [9.17, 15) is 5.11 Å². The van der Waals surface area contributed by atoms with Gasteiger partial charge in [0, 0.05) is 32.2 Å². The van der Waals surface area contributed by atoms with Crippen molar-refractivity contribution in [1.82, 2.24) is 14.9 Å². The van der Waals surface area contributed by atoms with Crippen LogP contribution in [0.1, 0.15) is 12.5 Å². The minimum atomic E-state index is 0.246. The van der Waals surface area contributed by atoms with Gasteiger partial charge in [0.05, 0.1) is 10.2 Å². The Morgan fingerprint density at radius 3 is 2.86 bits per heavy atom. The quantitative estimate of drug-likeness (QED) is 0.913. The second kappa shape index (κ2) is 6.48. The van der Waals surface area contributed by atoms with Crippen molar-refractivity contribution in [3.63, 3.8) is 0 Å². The summed E-state index contributed by atoms with van der Waals surface area (Å²) in [5, 5.41) is 11.9. The Kier molecular flexibility index (Phi) is 4.61. The number of aliphatic hydroxyl groups is 1. The molecule has 3 heterocycles. The molecule has 6 heteroatoms. The van der Waals surface area contributed by atoms with Crippen molar-refractivity contribution in [2.75, 3.05) is 44.7 Å². The molecule has 2 atom stereocenters. The molecule has 2 aromatic heterocycles. The van der Waals surface area contributed by atoms with Crippen molar-refractivity contribution in [3.05, 3.63) is 17.3 Å². The van der Waals surface area contributed by atoms with Gasteiger partial charge in [0.2, 0.25) is 0 Å². The second-order valence-electron chi connectivity index (χ2n) is 6.26. The molecule has 0 radical (unpaired) electrons. The summed E-state index contributed by atoms with van der Waals surface area (Å²) in [7, 11) is 2.14. The number of hydrogen-bond acceptors (Lipinski definition) is 6. The molecule has 1 fully saturated rings. The average Bonchev–Trinajstić information content (AvgIpc) is 3.11. The molecule has 0 aromatic carbocycles. The maximum Gasteiger partial charge on any atom is 0.150 e. The van der Waals surface area contributed by atoms with Gasteiger partial charge < -0.3 is 14.9 Å². The van der Waals surface area contributed by atoms with E-state index in [0.717, 1.165) is 37.5 Å². The van der Waals surface area contributed by atoms with Gasteiger partial charge in [-0.25, -0.2) is 9.97 Å². The highest BCUT2D eigenvalue weighted by Crippen LogP contribution is 2.35. The molecule has 0 saturated carbocycles. The number of aromatic nitrogens is 2. The topological polar surface area (TPSA) is 52.5 Å². The summed E-state index contributed by atoms with van der Waals surface area (Å²) in [5.41, 5.74) is 2.27. The van der Waals surface area contributed by atoms with Gasteiger partial charge in [0.1, 0.15) is 12.1 Å². The fraction of sp³-hybridized carbons (Fsp3) is 0.625. The standard InChI is InChI=1S/C16H24N4OS/c1-4-19(3)5-12-6-20(7-13(12)8-21)16-15-14(17-10-18-16)11(2)9-22-15/h9-10,12-13,21H,4-8H2,1-3H3/t12-,13-/m1/s1. The predicted octanol–water partition coefficient (Wildman–Crippen LogP) is 2.00. The van der Waals surface area contributed by atoms with Crippen molar-refractivity contribution in [2.24, 2.45) is 11.8 Å². The molecular weight excluding hydrogens is 296 g/mol. The summed E-state index contributed by atoms with van der Waals surface area (Å²) in [6, 6.07) is 0. The first-order chi connectivity index (χ1) is 10.6. The van der Waals surface area contributed by atoms with Crippen molar-refractivity contribution >= 4 is 27.4 Å². The lowest BCUT2D eigenvalue weighted by atomic mass is 9.96. The maximum absolute atomic E-state index is 9.73. The van der Waals surface area contributed by atoms with Gasteiger partial charge in [-0.05, 0) is 37.4 Å². The summed E-state index contributed by atoms with van der Waals surface area (Å²) in [4.78, 5) is 13.6. The van der Waals surface area contributed by atoms with Gasteiger partial charge >= 0.3 is 0 Å². The minimum absolute atomic E-state index is 0.246. The van der Waals surface area contributed by atoms with Crippen LogP contribution in [0.3, 0.4) is 0 Å². The van der Waals surface area contributed by atoms with Crippen LogP contribution in [0.2, 0.25) is 0 Å². The lowest BCUT2D eigenvalue weighted by Gasteiger charge is -2.22. The van der Waals surface area contributed by atoms with Crippen LogP contribution in [0.25, 0.3) is 10.2 Å². The SMILES string of the molecule is CCN(C)C[C@@H]1CN(c2ncnc3c(C)csc23)C[C@@H]1CO. The summed E-state index contributed by atoms with van der Waals surface area (Å²) in [6.45, 7) is 8.40. The number of hydrogen-bond donors (Lipinski definition) is 1. The van der Waals surface area contributed by atoms with E-state index in [1.807, 2.05) is 0 Å². The number of aryl methyl sites for hydroxylation is 1. The molecule has 5 nitrogen and oxygen atoms in total. The Morgan fingerprint density at radius 2 is 2.14 bits per heavy atom. The van der Waals surface area contributed by atoms with Crippen LogP contribution < -0.4 is 4.90 Å². The van der Waals surface area contributed by atoms with Crippen molar-refractivity contribution in [2.45, 2.75) is 13.8 Å². The van der Waals surface area contributed by atoms with Gasteiger partial charge in [0.25, 0.3) is 0 Å². The van der Waals surface area contributed by atoms with Crippen LogP contribution >= 0.6 is 11.3 Å². The van der Waals surface area contributed by atoms with Crippen LogP contribution in [0, 0.1) is 18.8 Å². The monoisotopic (exact) mass is 320 g/mol. The molecule has 0 spiro atoms. The Morgan fingerprint density at radius 1 is 1.36 bits per heavy atom. The van der Waals surface area contributed by atoms with E-state index in [4.69, 9.17) is 0 Å². The number of fused-ring (bicyclic) bond motifs is 1. The molecule has 0 bridgehead atoms. The van der Waals surface area contributed by atoms with Crippen LogP contribution in [0.15, 0.2) is 11.7 Å². The fourth-order valence-electron chi connectivity index (χ4n) is 3.24. The molecule has 0 amide bonds. The Hall–Kier alpha value is -1.24. The number of aliphatic hydroxyl groups excluding tert-OH is 1. The van der Waals surface area contributed by atoms with E-state index >= 15 is 0 Å². The summed E-state index contributed by atoms with van der Waals surface area (Å²) in [6.07, 6.45) is 1.66. The van der Waals surface area contributed by atoms with Crippen LogP contribution in [-0.4, -0.2) is 59.8 Å². The van der Waals surface area contributed by atoms with E-state index in [1.54, 1.807) is 17.7 Å². The Bertz CT molecular complexity index is 644. The molecule has 2 aromatic rings. The Labute approximate surface area is 135 Å². The molecule has 3 rings (SSSR count). The first-order valence-corrected chi connectivity index (χ1v) is 8.75. The van der Waals surface area contributed by atoms with Crippen molar-refractivity contribution in [3.8, 4) is 0 Å². The second-order valence-corrected chi connectivity index (χ2v) is 7.14. The first kappa shape index (κ1) is 15.6. The highest BCUT2D eigenvalue weighted by molar-refractivity contribution is 7.18. The first-order valence-electron chi connectivity index (χ1n) is 7.87. The van der Waals surface area contributed by atoms with Crippen LogP contribution in [0.4, 0.5) is 5.82 Å². The van der Waals surface area contributed by atoms with E-state index in [-0.39, 0.29) is 6.61 Å². The molecule has 0 aliphatic carbocycles. The molecule has 1 aliphatic rings. The molecular formula is C16H24N4OS. The number of rotatable bonds is 5.